The molecule has 0 aromatic carbocycles. The monoisotopic (exact) mass is 1010 g/mol. The minimum absolute atomic E-state index is 0.364. The zero-order chi connectivity index (χ0) is 52.3. The molecular formula is C66H127NO5. The van der Waals surface area contributed by atoms with Crippen LogP contribution in [0.5, 0.6) is 0 Å². The van der Waals surface area contributed by atoms with E-state index in [9.17, 15) is 25.2 Å². The number of rotatable bonds is 60. The lowest BCUT2D eigenvalue weighted by atomic mass is 10.00. The van der Waals surface area contributed by atoms with Gasteiger partial charge in [-0.25, -0.2) is 0 Å². The number of carbonyl (C=O) groups is 1. The third-order valence-corrected chi connectivity index (χ3v) is 15.3. The number of hydrogen-bond donors (Lipinski definition) is 5. The van der Waals surface area contributed by atoms with Crippen LogP contribution < -0.4 is 5.32 Å². The maximum absolute atomic E-state index is 12.6. The lowest BCUT2D eigenvalue weighted by molar-refractivity contribution is -0.132. The van der Waals surface area contributed by atoms with Crippen molar-refractivity contribution in [3.63, 3.8) is 0 Å². The Hall–Kier alpha value is -1.47. The highest BCUT2D eigenvalue weighted by Gasteiger charge is 2.28. The van der Waals surface area contributed by atoms with Crippen molar-refractivity contribution in [3.05, 3.63) is 36.5 Å². The summed E-state index contributed by atoms with van der Waals surface area (Å²) in [6.07, 6.45) is 76.8. The summed E-state index contributed by atoms with van der Waals surface area (Å²) in [5.41, 5.74) is 0. The van der Waals surface area contributed by atoms with Crippen LogP contribution in [0.2, 0.25) is 0 Å². The summed E-state index contributed by atoms with van der Waals surface area (Å²) in [4.78, 5) is 12.6. The van der Waals surface area contributed by atoms with Gasteiger partial charge >= 0.3 is 0 Å². The Morgan fingerprint density at radius 1 is 0.347 bits per heavy atom. The van der Waals surface area contributed by atoms with E-state index in [2.05, 4.69) is 55.6 Å². The highest BCUT2D eigenvalue weighted by molar-refractivity contribution is 5.80. The highest BCUT2D eigenvalue weighted by atomic mass is 16.3. The zero-order valence-electron chi connectivity index (χ0n) is 48.4. The van der Waals surface area contributed by atoms with Gasteiger partial charge in [-0.3, -0.25) is 4.79 Å². The minimum atomic E-state index is -1.28. The summed E-state index contributed by atoms with van der Waals surface area (Å²) >= 11 is 0. The molecule has 0 heterocycles. The third-order valence-electron chi connectivity index (χ3n) is 15.3. The second-order valence-corrected chi connectivity index (χ2v) is 22.5. The molecule has 0 radical (unpaired) electrons. The van der Waals surface area contributed by atoms with Crippen molar-refractivity contribution in [1.29, 1.82) is 0 Å². The van der Waals surface area contributed by atoms with E-state index in [-0.39, 0.29) is 0 Å². The Labute approximate surface area is 449 Å². The molecule has 6 nitrogen and oxygen atoms in total. The summed E-state index contributed by atoms with van der Waals surface area (Å²) in [6.45, 7) is 4.08. The van der Waals surface area contributed by atoms with E-state index in [4.69, 9.17) is 0 Å². The molecule has 6 heteroatoms. The van der Waals surface area contributed by atoms with E-state index >= 15 is 0 Å². The molecule has 0 aromatic heterocycles. The molecule has 0 aliphatic carbocycles. The molecule has 4 atom stereocenters. The summed E-state index contributed by atoms with van der Waals surface area (Å²) in [7, 11) is 0. The molecule has 426 valence electrons. The molecule has 0 aliphatic rings. The normalized spacial score (nSPS) is 13.8. The molecule has 4 unspecified atom stereocenters. The van der Waals surface area contributed by atoms with E-state index < -0.39 is 36.9 Å². The van der Waals surface area contributed by atoms with Gasteiger partial charge in [0.15, 0.2) is 0 Å². The Balaban J connectivity index is 3.57. The van der Waals surface area contributed by atoms with Crippen molar-refractivity contribution >= 4 is 5.91 Å². The predicted octanol–water partition coefficient (Wildman–Crippen LogP) is 19.5. The molecule has 0 spiro atoms. The van der Waals surface area contributed by atoms with Crippen molar-refractivity contribution in [2.24, 2.45) is 0 Å². The predicted molar refractivity (Wildman–Crippen MR) is 316 cm³/mol. The fourth-order valence-electron chi connectivity index (χ4n) is 10.3. The van der Waals surface area contributed by atoms with E-state index in [1.165, 1.54) is 276 Å². The first-order valence-corrected chi connectivity index (χ1v) is 32.4. The average Bonchev–Trinajstić information content (AvgIpc) is 3.39. The van der Waals surface area contributed by atoms with Gasteiger partial charge in [-0.2, -0.15) is 0 Å². The van der Waals surface area contributed by atoms with Crippen molar-refractivity contribution in [2.45, 2.75) is 372 Å². The Morgan fingerprint density at radius 2 is 0.611 bits per heavy atom. The quantitative estimate of drug-likeness (QED) is 0.0308. The van der Waals surface area contributed by atoms with Crippen LogP contribution in [0.15, 0.2) is 36.5 Å². The van der Waals surface area contributed by atoms with Gasteiger partial charge in [0.25, 0.3) is 0 Å². The molecule has 72 heavy (non-hydrogen) atoms. The zero-order valence-corrected chi connectivity index (χ0v) is 48.4. The van der Waals surface area contributed by atoms with Gasteiger partial charge in [-0.05, 0) is 70.6 Å². The van der Waals surface area contributed by atoms with Crippen molar-refractivity contribution in [1.82, 2.24) is 5.32 Å². The van der Waals surface area contributed by atoms with E-state index in [0.717, 1.165) is 44.9 Å². The lowest BCUT2D eigenvalue weighted by Gasteiger charge is -2.27. The fraction of sp³-hybridized carbons (Fsp3) is 0.894. The van der Waals surface area contributed by atoms with Crippen LogP contribution in [0, 0.1) is 0 Å². The molecule has 0 aromatic rings. The van der Waals surface area contributed by atoms with Gasteiger partial charge in [0.05, 0.1) is 18.8 Å². The van der Waals surface area contributed by atoms with Gasteiger partial charge in [0.2, 0.25) is 5.91 Å². The smallest absolute Gasteiger partial charge is 0.249 e. The van der Waals surface area contributed by atoms with Crippen molar-refractivity contribution < 1.29 is 25.2 Å². The first-order chi connectivity index (χ1) is 35.5. The number of carbonyl (C=O) groups excluding carboxylic acids is 1. The standard InChI is InChI=1S/C66H127NO5/c1-3-5-7-9-11-13-15-17-19-21-23-25-26-27-28-29-30-31-32-33-34-35-36-37-38-39-40-42-44-46-48-50-52-54-56-58-60-64(70)66(72)67-62(61-68)65(71)63(69)59-57-55-53-51-49-47-45-43-41-24-22-20-18-16-14-12-10-8-6-4-2/h28-29,31-32,51,53,62-65,68-71H,3-27,30,33-50,52,54-61H2,1-2H3,(H,67,72)/b29-28-,32-31-,53-51+. The summed E-state index contributed by atoms with van der Waals surface area (Å²) in [5.74, 6) is -0.589. The number of unbranched alkanes of at least 4 members (excludes halogenated alkanes) is 45. The van der Waals surface area contributed by atoms with Gasteiger partial charge < -0.3 is 25.7 Å². The summed E-state index contributed by atoms with van der Waals surface area (Å²) in [5, 5.41) is 44.1. The molecule has 0 rings (SSSR count). The van der Waals surface area contributed by atoms with E-state index in [1.807, 2.05) is 0 Å². The molecule has 1 amide bonds. The van der Waals surface area contributed by atoms with Crippen LogP contribution in [0.1, 0.15) is 348 Å². The van der Waals surface area contributed by atoms with Gasteiger partial charge in [0, 0.05) is 0 Å². The molecule has 0 aliphatic heterocycles. The van der Waals surface area contributed by atoms with Crippen LogP contribution in [-0.4, -0.2) is 57.3 Å². The molecule has 5 N–H and O–H groups in total. The number of aliphatic hydroxyl groups excluding tert-OH is 4. The second kappa shape index (κ2) is 60.4. The minimum Gasteiger partial charge on any atom is -0.394 e. The maximum atomic E-state index is 12.6. The lowest BCUT2D eigenvalue weighted by Crippen LogP contribution is -2.53. The van der Waals surface area contributed by atoms with Gasteiger partial charge in [0.1, 0.15) is 12.2 Å². The molecule has 0 saturated carbocycles. The third kappa shape index (κ3) is 53.4. The molecule has 0 fully saturated rings. The first kappa shape index (κ1) is 70.5. The summed E-state index contributed by atoms with van der Waals surface area (Å²) < 4.78 is 0. The Morgan fingerprint density at radius 3 is 0.917 bits per heavy atom. The van der Waals surface area contributed by atoms with Crippen LogP contribution in [0.4, 0.5) is 0 Å². The average molecular weight is 1010 g/mol. The SMILES string of the molecule is CCCCCCCCCCCCCCC/C=C\C/C=C\CCCCCCCCCCCCCCCCCCC(O)C(=O)NC(CO)C(O)C(O)CCC/C=C/CCCCCCCCCCCCCCCCC. The van der Waals surface area contributed by atoms with Crippen molar-refractivity contribution in [2.75, 3.05) is 6.61 Å². The van der Waals surface area contributed by atoms with Crippen LogP contribution in [-0.2, 0) is 4.79 Å². The number of allylic oxidation sites excluding steroid dienone is 6. The fourth-order valence-corrected chi connectivity index (χ4v) is 10.3. The number of aliphatic hydroxyl groups is 4. The molecular weight excluding hydrogens is 887 g/mol. The van der Waals surface area contributed by atoms with Crippen molar-refractivity contribution in [3.8, 4) is 0 Å². The first-order valence-electron chi connectivity index (χ1n) is 32.4. The highest BCUT2D eigenvalue weighted by Crippen LogP contribution is 2.18. The Kier molecular flexibility index (Phi) is 59.2. The van der Waals surface area contributed by atoms with Crippen LogP contribution >= 0.6 is 0 Å². The summed E-state index contributed by atoms with van der Waals surface area (Å²) in [6, 6.07) is -1.00. The second-order valence-electron chi connectivity index (χ2n) is 22.5. The number of nitrogens with one attached hydrogen (secondary N) is 1. The molecule has 0 bridgehead atoms. The van der Waals surface area contributed by atoms with Gasteiger partial charge in [-0.1, -0.05) is 314 Å². The molecule has 0 saturated heterocycles. The van der Waals surface area contributed by atoms with E-state index in [1.54, 1.807) is 0 Å². The van der Waals surface area contributed by atoms with Gasteiger partial charge in [-0.15, -0.1) is 0 Å². The van der Waals surface area contributed by atoms with Crippen LogP contribution in [0.25, 0.3) is 0 Å². The number of amides is 1. The van der Waals surface area contributed by atoms with E-state index in [0.29, 0.717) is 12.8 Å². The Bertz CT molecular complexity index is 1140. The largest absolute Gasteiger partial charge is 0.394 e. The number of hydrogen-bond acceptors (Lipinski definition) is 5. The maximum Gasteiger partial charge on any atom is 0.249 e. The topological polar surface area (TPSA) is 110 Å². The van der Waals surface area contributed by atoms with Crippen LogP contribution in [0.3, 0.4) is 0 Å².